The highest BCUT2D eigenvalue weighted by Gasteiger charge is 2.13. The van der Waals surface area contributed by atoms with Crippen LogP contribution in [-0.2, 0) is 15.6 Å². The lowest BCUT2D eigenvalue weighted by molar-refractivity contribution is -0.118. The molecule has 4 nitrogen and oxygen atoms in total. The summed E-state index contributed by atoms with van der Waals surface area (Å²) >= 11 is 0. The van der Waals surface area contributed by atoms with Gasteiger partial charge in [0.1, 0.15) is 5.75 Å². The van der Waals surface area contributed by atoms with Gasteiger partial charge in [0, 0.05) is 17.1 Å². The molecule has 1 amide bonds. The molecule has 0 saturated carbocycles. The summed E-state index contributed by atoms with van der Waals surface area (Å²) in [5, 5.41) is 2.79. The first-order valence-electron chi connectivity index (χ1n) is 6.42. The van der Waals surface area contributed by atoms with Crippen LogP contribution in [0, 0.1) is 12.8 Å². The Balaban J connectivity index is 2.55. The average Bonchev–Trinajstić information content (AvgIpc) is 2.31. The maximum Gasteiger partial charge on any atom is 0.233 e. The van der Waals surface area contributed by atoms with Crippen LogP contribution in [0.4, 0.5) is 5.69 Å². The molecule has 0 fully saturated rings. The van der Waals surface area contributed by atoms with Crippen LogP contribution in [0.5, 0.6) is 0 Å². The summed E-state index contributed by atoms with van der Waals surface area (Å²) in [4.78, 5) is 12.3. The largest absolute Gasteiger partial charge is 0.398 e. The van der Waals surface area contributed by atoms with Crippen molar-refractivity contribution >= 4 is 22.4 Å². The molecular weight excluding hydrogens is 260 g/mol. The van der Waals surface area contributed by atoms with Gasteiger partial charge in [-0.05, 0) is 37.0 Å². The van der Waals surface area contributed by atoms with Gasteiger partial charge in [-0.25, -0.2) is 0 Å². The Hall–Kier alpha value is -1.36. The third kappa shape index (κ3) is 5.03. The zero-order valence-corrected chi connectivity index (χ0v) is 12.5. The van der Waals surface area contributed by atoms with Crippen molar-refractivity contribution in [3.05, 3.63) is 23.8 Å². The number of rotatable bonds is 6. The van der Waals surface area contributed by atoms with Gasteiger partial charge in [0.05, 0.1) is 10.8 Å². The van der Waals surface area contributed by atoms with E-state index >= 15 is 0 Å². The Morgan fingerprint density at radius 1 is 1.42 bits per heavy atom. The van der Waals surface area contributed by atoms with E-state index in [4.69, 9.17) is 5.73 Å². The molecule has 1 rings (SSSR count). The second-order valence-corrected chi connectivity index (χ2v) is 6.41. The Bertz CT molecular complexity index is 473. The quantitative estimate of drug-likeness (QED) is 0.782. The van der Waals surface area contributed by atoms with Gasteiger partial charge in [-0.1, -0.05) is 19.9 Å². The highest BCUT2D eigenvalue weighted by atomic mass is 32.2. The van der Waals surface area contributed by atoms with Crippen molar-refractivity contribution in [2.45, 2.75) is 32.1 Å². The van der Waals surface area contributed by atoms with Gasteiger partial charge in [0.25, 0.3) is 0 Å². The van der Waals surface area contributed by atoms with Gasteiger partial charge in [-0.2, -0.15) is 0 Å². The van der Waals surface area contributed by atoms with E-state index in [1.54, 1.807) is 18.2 Å². The summed E-state index contributed by atoms with van der Waals surface area (Å²) in [6.07, 6.45) is 0.926. The summed E-state index contributed by atoms with van der Waals surface area (Å²) in [5.74, 6) is 0.352. The van der Waals surface area contributed by atoms with Gasteiger partial charge in [0.2, 0.25) is 5.91 Å². The molecule has 19 heavy (non-hydrogen) atoms. The summed E-state index contributed by atoms with van der Waals surface area (Å²) in [6, 6.07) is 5.27. The lowest BCUT2D eigenvalue weighted by atomic mass is 10.1. The molecule has 0 aromatic heterocycles. The number of nitrogens with two attached hydrogens (primary N) is 1. The molecule has 0 bridgehead atoms. The van der Waals surface area contributed by atoms with E-state index in [-0.39, 0.29) is 11.7 Å². The molecule has 0 aliphatic heterocycles. The van der Waals surface area contributed by atoms with Crippen molar-refractivity contribution in [2.24, 2.45) is 5.92 Å². The molecule has 0 aliphatic rings. The molecular formula is C14H22N2O2S. The zero-order chi connectivity index (χ0) is 14.4. The minimum absolute atomic E-state index is 0.0115. The van der Waals surface area contributed by atoms with Crippen LogP contribution in [0.25, 0.3) is 0 Å². The Morgan fingerprint density at radius 3 is 2.74 bits per heavy atom. The Kier molecular flexibility index (Phi) is 6.02. The van der Waals surface area contributed by atoms with Gasteiger partial charge >= 0.3 is 0 Å². The van der Waals surface area contributed by atoms with Crippen LogP contribution in [0.3, 0.4) is 0 Å². The van der Waals surface area contributed by atoms with Crippen LogP contribution < -0.4 is 11.1 Å². The van der Waals surface area contributed by atoms with E-state index in [0.717, 1.165) is 12.0 Å². The van der Waals surface area contributed by atoms with Crippen LogP contribution >= 0.6 is 0 Å². The molecule has 1 aromatic rings. The topological polar surface area (TPSA) is 72.2 Å². The number of hydrogen-bond acceptors (Lipinski definition) is 3. The number of anilines is 1. The third-order valence-electron chi connectivity index (χ3n) is 2.88. The third-order valence-corrected chi connectivity index (χ3v) is 4.33. The van der Waals surface area contributed by atoms with Gasteiger partial charge in [-0.15, -0.1) is 0 Å². The van der Waals surface area contributed by atoms with E-state index in [2.05, 4.69) is 19.2 Å². The highest BCUT2D eigenvalue weighted by Crippen LogP contribution is 2.18. The average molecular weight is 282 g/mol. The first kappa shape index (κ1) is 15.7. The Labute approximate surface area is 117 Å². The lowest BCUT2D eigenvalue weighted by Gasteiger charge is -2.09. The van der Waals surface area contributed by atoms with Crippen molar-refractivity contribution in [3.63, 3.8) is 0 Å². The molecule has 0 radical (unpaired) electrons. The van der Waals surface area contributed by atoms with E-state index in [1.807, 2.05) is 6.92 Å². The van der Waals surface area contributed by atoms with Crippen molar-refractivity contribution in [2.75, 3.05) is 18.0 Å². The van der Waals surface area contributed by atoms with E-state index in [0.29, 0.717) is 23.0 Å². The summed E-state index contributed by atoms with van der Waals surface area (Å²) in [6.45, 7) is 6.64. The van der Waals surface area contributed by atoms with Crippen molar-refractivity contribution in [1.29, 1.82) is 0 Å². The van der Waals surface area contributed by atoms with Crippen LogP contribution in [-0.4, -0.2) is 22.4 Å². The van der Waals surface area contributed by atoms with E-state index < -0.39 is 10.8 Å². The summed E-state index contributed by atoms with van der Waals surface area (Å²) in [7, 11) is -1.34. The highest BCUT2D eigenvalue weighted by molar-refractivity contribution is 7.85. The van der Waals surface area contributed by atoms with Crippen LogP contribution in [0.2, 0.25) is 0 Å². The molecule has 0 saturated heterocycles. The van der Waals surface area contributed by atoms with E-state index in [9.17, 15) is 9.00 Å². The molecule has 1 aromatic carbocycles. The second kappa shape index (κ2) is 7.28. The standard InChI is InChI=1S/C14H22N2O2S/c1-10(2)7-8-16-14(17)9-19(18)13-6-4-5-12(15)11(13)3/h4-6,10H,7-9,15H2,1-3H3,(H,16,17). The maximum atomic E-state index is 12.1. The van der Waals surface area contributed by atoms with Gasteiger partial charge in [-0.3, -0.25) is 9.00 Å². The predicted octanol–water partition coefficient (Wildman–Crippen LogP) is 1.85. The fourth-order valence-corrected chi connectivity index (χ4v) is 2.81. The number of carbonyl (C=O) groups is 1. The lowest BCUT2D eigenvalue weighted by Crippen LogP contribution is -2.29. The Morgan fingerprint density at radius 2 is 2.11 bits per heavy atom. The van der Waals surface area contributed by atoms with Crippen LogP contribution in [0.15, 0.2) is 23.1 Å². The first-order chi connectivity index (χ1) is 8.91. The fourth-order valence-electron chi connectivity index (χ4n) is 1.63. The maximum absolute atomic E-state index is 12.1. The molecule has 106 valence electrons. The second-order valence-electron chi connectivity index (χ2n) is 4.99. The van der Waals surface area contributed by atoms with Crippen molar-refractivity contribution < 1.29 is 9.00 Å². The zero-order valence-electron chi connectivity index (χ0n) is 11.7. The number of nitrogen functional groups attached to an aromatic ring is 1. The normalized spacial score (nSPS) is 12.4. The molecule has 0 aliphatic carbocycles. The van der Waals surface area contributed by atoms with Crippen LogP contribution in [0.1, 0.15) is 25.8 Å². The number of hydrogen-bond donors (Lipinski definition) is 2. The van der Waals surface area contributed by atoms with Crippen molar-refractivity contribution in [3.8, 4) is 0 Å². The number of benzene rings is 1. The summed E-state index contributed by atoms with van der Waals surface area (Å²) in [5.41, 5.74) is 7.16. The number of amides is 1. The molecule has 1 unspecified atom stereocenters. The monoisotopic (exact) mass is 282 g/mol. The molecule has 0 spiro atoms. The molecule has 1 atom stereocenters. The predicted molar refractivity (Wildman–Crippen MR) is 79.3 cm³/mol. The SMILES string of the molecule is Cc1c(N)cccc1S(=O)CC(=O)NCCC(C)C. The molecule has 0 heterocycles. The molecule has 3 N–H and O–H groups in total. The van der Waals surface area contributed by atoms with E-state index in [1.165, 1.54) is 0 Å². The van der Waals surface area contributed by atoms with Gasteiger partial charge in [0.15, 0.2) is 0 Å². The molecule has 5 heteroatoms. The van der Waals surface area contributed by atoms with Gasteiger partial charge < -0.3 is 11.1 Å². The van der Waals surface area contributed by atoms with Crippen molar-refractivity contribution in [1.82, 2.24) is 5.32 Å². The minimum atomic E-state index is -1.34. The summed E-state index contributed by atoms with van der Waals surface area (Å²) < 4.78 is 12.1. The first-order valence-corrected chi connectivity index (χ1v) is 7.74. The number of carbonyl (C=O) groups excluding carboxylic acids is 1. The number of nitrogens with one attached hydrogen (secondary N) is 1. The fraction of sp³-hybridized carbons (Fsp3) is 0.500. The minimum Gasteiger partial charge on any atom is -0.398 e. The smallest absolute Gasteiger partial charge is 0.233 e.